The molecule has 0 aliphatic rings. The highest BCUT2D eigenvalue weighted by Crippen LogP contribution is 2.33. The summed E-state index contributed by atoms with van der Waals surface area (Å²) >= 11 is 17.9. The lowest BCUT2D eigenvalue weighted by atomic mass is 10.1. The summed E-state index contributed by atoms with van der Waals surface area (Å²) in [4.78, 5) is 12.0. The Labute approximate surface area is 139 Å². The molecule has 0 saturated heterocycles. The molecule has 2 rings (SSSR count). The second-order valence-corrected chi connectivity index (χ2v) is 6.03. The molecule has 2 nitrogen and oxygen atoms in total. The number of carbonyl (C=O) groups is 1. The number of benzene rings is 2. The van der Waals surface area contributed by atoms with Crippen molar-refractivity contribution in [2.24, 2.45) is 0 Å². The quantitative estimate of drug-likeness (QED) is 0.778. The Balaban J connectivity index is 1.97. The van der Waals surface area contributed by atoms with Crippen molar-refractivity contribution in [1.82, 2.24) is 0 Å². The Morgan fingerprint density at radius 3 is 2.19 bits per heavy atom. The predicted molar refractivity (Wildman–Crippen MR) is 89.6 cm³/mol. The summed E-state index contributed by atoms with van der Waals surface area (Å²) in [5, 5.41) is 3.82. The van der Waals surface area contributed by atoms with Crippen molar-refractivity contribution < 1.29 is 4.79 Å². The highest BCUT2D eigenvalue weighted by Gasteiger charge is 2.11. The fourth-order valence-electron chi connectivity index (χ4n) is 1.88. The largest absolute Gasteiger partial charge is 0.324 e. The highest BCUT2D eigenvalue weighted by atomic mass is 35.5. The Morgan fingerprint density at radius 2 is 1.62 bits per heavy atom. The number of halogens is 3. The fraction of sp³-hybridized carbons (Fsp3) is 0.188. The van der Waals surface area contributed by atoms with E-state index in [0.717, 1.165) is 5.56 Å². The van der Waals surface area contributed by atoms with Gasteiger partial charge in [0.25, 0.3) is 0 Å². The Morgan fingerprint density at radius 1 is 1.05 bits per heavy atom. The molecule has 0 aliphatic carbocycles. The van der Waals surface area contributed by atoms with Crippen LogP contribution in [0.3, 0.4) is 0 Å². The van der Waals surface area contributed by atoms with Crippen LogP contribution in [0.1, 0.15) is 17.5 Å². The van der Waals surface area contributed by atoms with Gasteiger partial charge in [-0.25, -0.2) is 0 Å². The Hall–Kier alpha value is -1.22. The molecule has 0 spiro atoms. The van der Waals surface area contributed by atoms with Crippen LogP contribution in [0.4, 0.5) is 5.69 Å². The molecule has 5 heteroatoms. The zero-order valence-corrected chi connectivity index (χ0v) is 13.7. The minimum Gasteiger partial charge on any atom is -0.324 e. The van der Waals surface area contributed by atoms with Crippen molar-refractivity contribution in [3.63, 3.8) is 0 Å². The number of carbonyl (C=O) groups excluding carboxylic acids is 1. The third kappa shape index (κ3) is 4.63. The maximum Gasteiger partial charge on any atom is 0.224 e. The lowest BCUT2D eigenvalue weighted by Gasteiger charge is -2.10. The van der Waals surface area contributed by atoms with Gasteiger partial charge in [-0.1, -0.05) is 64.6 Å². The van der Waals surface area contributed by atoms with Crippen LogP contribution in [0.2, 0.25) is 15.1 Å². The van der Waals surface area contributed by atoms with Crippen molar-refractivity contribution in [2.45, 2.75) is 19.8 Å². The first-order chi connectivity index (χ1) is 9.95. The molecule has 2 aromatic rings. The van der Waals surface area contributed by atoms with Crippen molar-refractivity contribution in [1.29, 1.82) is 0 Å². The molecule has 0 aromatic heterocycles. The third-order valence-corrected chi connectivity index (χ3v) is 3.85. The van der Waals surface area contributed by atoms with Crippen LogP contribution >= 0.6 is 34.8 Å². The van der Waals surface area contributed by atoms with E-state index in [9.17, 15) is 4.79 Å². The molecule has 0 atom stereocenters. The molecule has 1 amide bonds. The van der Waals surface area contributed by atoms with E-state index in [0.29, 0.717) is 33.6 Å². The lowest BCUT2D eigenvalue weighted by molar-refractivity contribution is -0.116. The summed E-state index contributed by atoms with van der Waals surface area (Å²) in [5.41, 5.74) is 2.71. The smallest absolute Gasteiger partial charge is 0.224 e. The van der Waals surface area contributed by atoms with Gasteiger partial charge in [0.1, 0.15) is 0 Å². The zero-order valence-electron chi connectivity index (χ0n) is 11.4. The van der Waals surface area contributed by atoms with Gasteiger partial charge in [-0.3, -0.25) is 4.79 Å². The summed E-state index contributed by atoms with van der Waals surface area (Å²) in [6.45, 7) is 2.03. The van der Waals surface area contributed by atoms with E-state index in [1.54, 1.807) is 12.1 Å². The van der Waals surface area contributed by atoms with E-state index in [1.807, 2.05) is 31.2 Å². The van der Waals surface area contributed by atoms with Gasteiger partial charge in [0.15, 0.2) is 0 Å². The average molecular weight is 343 g/mol. The maximum absolute atomic E-state index is 12.0. The van der Waals surface area contributed by atoms with Gasteiger partial charge in [-0.05, 0) is 31.0 Å². The SMILES string of the molecule is Cc1ccc(CCC(=O)Nc2c(Cl)cc(Cl)cc2Cl)cc1. The van der Waals surface area contributed by atoms with Crippen LogP contribution in [0.25, 0.3) is 0 Å². The van der Waals surface area contributed by atoms with Crippen LogP contribution < -0.4 is 5.32 Å². The normalized spacial score (nSPS) is 10.5. The van der Waals surface area contributed by atoms with Gasteiger partial charge in [0.05, 0.1) is 15.7 Å². The minimum atomic E-state index is -0.137. The summed E-state index contributed by atoms with van der Waals surface area (Å²) < 4.78 is 0. The van der Waals surface area contributed by atoms with Gasteiger partial charge in [0.2, 0.25) is 5.91 Å². The number of nitrogens with one attached hydrogen (secondary N) is 1. The molecule has 2 aromatic carbocycles. The minimum absolute atomic E-state index is 0.137. The number of hydrogen-bond donors (Lipinski definition) is 1. The first-order valence-corrected chi connectivity index (χ1v) is 7.59. The van der Waals surface area contributed by atoms with E-state index < -0.39 is 0 Å². The average Bonchev–Trinajstić information content (AvgIpc) is 2.42. The van der Waals surface area contributed by atoms with Crippen LogP contribution in [-0.4, -0.2) is 5.91 Å². The molecule has 0 saturated carbocycles. The van der Waals surface area contributed by atoms with Crippen molar-refractivity contribution in [3.05, 3.63) is 62.6 Å². The molecule has 0 heterocycles. The Bertz CT molecular complexity index is 630. The summed E-state index contributed by atoms with van der Waals surface area (Å²) in [7, 11) is 0. The monoisotopic (exact) mass is 341 g/mol. The number of rotatable bonds is 4. The number of amides is 1. The van der Waals surface area contributed by atoms with Crippen molar-refractivity contribution >= 4 is 46.4 Å². The fourth-order valence-corrected chi connectivity index (χ4v) is 2.79. The third-order valence-electron chi connectivity index (χ3n) is 3.03. The van der Waals surface area contributed by atoms with E-state index in [2.05, 4.69) is 5.32 Å². The molecule has 110 valence electrons. The molecule has 21 heavy (non-hydrogen) atoms. The van der Waals surface area contributed by atoms with E-state index in [1.165, 1.54) is 5.56 Å². The maximum atomic E-state index is 12.0. The molecule has 0 aliphatic heterocycles. The summed E-state index contributed by atoms with van der Waals surface area (Å²) in [6.07, 6.45) is 1.02. The van der Waals surface area contributed by atoms with E-state index in [4.69, 9.17) is 34.8 Å². The van der Waals surface area contributed by atoms with Crippen LogP contribution in [0.15, 0.2) is 36.4 Å². The predicted octanol–water partition coefficient (Wildman–Crippen LogP) is 5.53. The number of hydrogen-bond acceptors (Lipinski definition) is 1. The molecule has 0 radical (unpaired) electrons. The summed E-state index contributed by atoms with van der Waals surface area (Å²) in [6, 6.07) is 11.2. The van der Waals surface area contributed by atoms with E-state index >= 15 is 0 Å². The molecule has 1 N–H and O–H groups in total. The van der Waals surface area contributed by atoms with Crippen LogP contribution in [0, 0.1) is 6.92 Å². The second kappa shape index (κ2) is 7.17. The molecular weight excluding hydrogens is 329 g/mol. The van der Waals surface area contributed by atoms with Gasteiger partial charge < -0.3 is 5.32 Å². The number of anilines is 1. The molecule has 0 fully saturated rings. The number of aryl methyl sites for hydroxylation is 2. The van der Waals surface area contributed by atoms with Gasteiger partial charge in [-0.2, -0.15) is 0 Å². The first kappa shape index (κ1) is 16.2. The summed E-state index contributed by atoms with van der Waals surface area (Å²) in [5.74, 6) is -0.137. The second-order valence-electron chi connectivity index (χ2n) is 4.78. The highest BCUT2D eigenvalue weighted by molar-refractivity contribution is 6.42. The molecule has 0 bridgehead atoms. The van der Waals surface area contributed by atoms with Crippen LogP contribution in [-0.2, 0) is 11.2 Å². The van der Waals surface area contributed by atoms with Gasteiger partial charge in [-0.15, -0.1) is 0 Å². The first-order valence-electron chi connectivity index (χ1n) is 6.45. The standard InChI is InChI=1S/C16H14Cl3NO/c1-10-2-4-11(5-3-10)6-7-15(21)20-16-13(18)8-12(17)9-14(16)19/h2-5,8-9H,6-7H2,1H3,(H,20,21). The van der Waals surface area contributed by atoms with E-state index in [-0.39, 0.29) is 5.91 Å². The molecule has 0 unspecified atom stereocenters. The lowest BCUT2D eigenvalue weighted by Crippen LogP contribution is -2.13. The van der Waals surface area contributed by atoms with Gasteiger partial charge in [0, 0.05) is 11.4 Å². The Kier molecular flexibility index (Phi) is 5.51. The van der Waals surface area contributed by atoms with Gasteiger partial charge >= 0.3 is 0 Å². The van der Waals surface area contributed by atoms with Crippen molar-refractivity contribution in [2.75, 3.05) is 5.32 Å². The van der Waals surface area contributed by atoms with Crippen LogP contribution in [0.5, 0.6) is 0 Å². The zero-order chi connectivity index (χ0) is 15.4. The molecular formula is C16H14Cl3NO. The topological polar surface area (TPSA) is 29.1 Å². The van der Waals surface area contributed by atoms with Crippen molar-refractivity contribution in [3.8, 4) is 0 Å².